The van der Waals surface area contributed by atoms with Gasteiger partial charge in [0.05, 0.1) is 0 Å². The predicted molar refractivity (Wildman–Crippen MR) is 116 cm³/mol. The van der Waals surface area contributed by atoms with Crippen molar-refractivity contribution in [2.45, 2.75) is 45.6 Å². The fourth-order valence-electron chi connectivity index (χ4n) is 3.25. The van der Waals surface area contributed by atoms with E-state index in [0.29, 0.717) is 23.5 Å². The Morgan fingerprint density at radius 2 is 2.00 bits per heavy atom. The smallest absolute Gasteiger partial charge is 0.405 e. The Kier molecular flexibility index (Phi) is 10.4. The van der Waals surface area contributed by atoms with Crippen molar-refractivity contribution in [2.24, 2.45) is 10.9 Å². The number of halogens is 4. The molecule has 2 N–H and O–H groups in total. The minimum absolute atomic E-state index is 0. The van der Waals surface area contributed by atoms with Crippen molar-refractivity contribution in [3.05, 3.63) is 29.8 Å². The van der Waals surface area contributed by atoms with Gasteiger partial charge in [-0.25, -0.2) is 0 Å². The van der Waals surface area contributed by atoms with Gasteiger partial charge in [0.1, 0.15) is 5.75 Å². The summed E-state index contributed by atoms with van der Waals surface area (Å²) in [6.45, 7) is 7.56. The number of rotatable bonds is 6. The van der Waals surface area contributed by atoms with E-state index in [0.717, 1.165) is 26.1 Å². The summed E-state index contributed by atoms with van der Waals surface area (Å²) in [6, 6.07) is 6.64. The average Bonchev–Trinajstić information content (AvgIpc) is 2.62. The first-order valence-electron chi connectivity index (χ1n) is 9.30. The van der Waals surface area contributed by atoms with Crippen LogP contribution in [0.1, 0.15) is 32.3 Å². The lowest BCUT2D eigenvalue weighted by molar-refractivity contribution is -0.274. The van der Waals surface area contributed by atoms with Crippen LogP contribution in [-0.2, 0) is 6.54 Å². The molecule has 0 aromatic heterocycles. The van der Waals surface area contributed by atoms with Crippen LogP contribution in [0.15, 0.2) is 29.3 Å². The van der Waals surface area contributed by atoms with Crippen molar-refractivity contribution in [1.82, 2.24) is 15.5 Å². The molecule has 1 heterocycles. The van der Waals surface area contributed by atoms with Crippen molar-refractivity contribution >= 4 is 29.9 Å². The number of likely N-dealkylation sites (tertiary alicyclic amines) is 1. The van der Waals surface area contributed by atoms with Gasteiger partial charge in [0.2, 0.25) is 0 Å². The van der Waals surface area contributed by atoms with E-state index in [1.807, 2.05) is 0 Å². The predicted octanol–water partition coefficient (Wildman–Crippen LogP) is 3.99. The van der Waals surface area contributed by atoms with Crippen LogP contribution in [0, 0.1) is 5.92 Å². The summed E-state index contributed by atoms with van der Waals surface area (Å²) in [5.41, 5.74) is 0.418. The fourth-order valence-corrected chi connectivity index (χ4v) is 3.25. The highest BCUT2D eigenvalue weighted by atomic mass is 127. The molecule has 9 heteroatoms. The number of nitrogens with one attached hydrogen (secondary N) is 2. The van der Waals surface area contributed by atoms with Gasteiger partial charge in [0.25, 0.3) is 0 Å². The topological polar surface area (TPSA) is 48.9 Å². The molecule has 1 unspecified atom stereocenters. The van der Waals surface area contributed by atoms with Crippen LogP contribution in [0.2, 0.25) is 0 Å². The molecule has 1 aliphatic rings. The number of aliphatic imine (C=N–C) groups is 1. The van der Waals surface area contributed by atoms with Gasteiger partial charge in [-0.3, -0.25) is 4.99 Å². The molecular formula is C19H30F3IN4O. The minimum atomic E-state index is -4.71. The third kappa shape index (κ3) is 8.42. The number of piperidine rings is 1. The molecule has 0 radical (unpaired) electrons. The SMILES string of the molecule is CN=C(NCc1ccccc1OC(F)(F)F)NCC1CCCN(C(C)C)C1.I. The summed E-state index contributed by atoms with van der Waals surface area (Å²) in [7, 11) is 1.65. The molecule has 28 heavy (non-hydrogen) atoms. The summed E-state index contributed by atoms with van der Waals surface area (Å²) >= 11 is 0. The summed E-state index contributed by atoms with van der Waals surface area (Å²) in [4.78, 5) is 6.63. The van der Waals surface area contributed by atoms with Crippen LogP contribution in [0.5, 0.6) is 5.75 Å². The largest absolute Gasteiger partial charge is 0.573 e. The Morgan fingerprint density at radius 3 is 2.64 bits per heavy atom. The number of hydrogen-bond donors (Lipinski definition) is 2. The zero-order chi connectivity index (χ0) is 19.9. The van der Waals surface area contributed by atoms with Crippen LogP contribution >= 0.6 is 24.0 Å². The average molecular weight is 514 g/mol. The number of hydrogen-bond acceptors (Lipinski definition) is 3. The van der Waals surface area contributed by atoms with E-state index in [1.165, 1.54) is 18.6 Å². The van der Waals surface area contributed by atoms with Crippen molar-refractivity contribution in [3.63, 3.8) is 0 Å². The normalized spacial score (nSPS) is 18.5. The number of benzene rings is 1. The van der Waals surface area contributed by atoms with Gasteiger partial charge < -0.3 is 20.3 Å². The first-order chi connectivity index (χ1) is 12.8. The Hall–Kier alpha value is -1.23. The van der Waals surface area contributed by atoms with Crippen LogP contribution in [0.3, 0.4) is 0 Å². The molecule has 1 saturated heterocycles. The van der Waals surface area contributed by atoms with Crippen LogP contribution in [0.25, 0.3) is 0 Å². The van der Waals surface area contributed by atoms with Gasteiger partial charge in [0, 0.05) is 38.3 Å². The number of guanidine groups is 1. The summed E-state index contributed by atoms with van der Waals surface area (Å²) in [5.74, 6) is 0.895. The Labute approximate surface area is 182 Å². The summed E-state index contributed by atoms with van der Waals surface area (Å²) in [5, 5.41) is 6.35. The summed E-state index contributed by atoms with van der Waals surface area (Å²) < 4.78 is 41.6. The molecule has 5 nitrogen and oxygen atoms in total. The van der Waals surface area contributed by atoms with Crippen LogP contribution in [0.4, 0.5) is 13.2 Å². The molecule has 0 bridgehead atoms. The van der Waals surface area contributed by atoms with Crippen LogP contribution in [-0.4, -0.2) is 49.9 Å². The first-order valence-corrected chi connectivity index (χ1v) is 9.30. The molecular weight excluding hydrogens is 484 g/mol. The maximum absolute atomic E-state index is 12.5. The standard InChI is InChI=1S/C19H29F3N4O.HI/c1-14(2)26-10-6-7-15(13-26)11-24-18(23-3)25-12-16-8-4-5-9-17(16)27-19(20,21)22;/h4-5,8-9,14-15H,6-7,10-13H2,1-3H3,(H2,23,24,25);1H. The van der Waals surface area contributed by atoms with Crippen molar-refractivity contribution in [1.29, 1.82) is 0 Å². The van der Waals surface area contributed by atoms with Gasteiger partial charge in [0.15, 0.2) is 5.96 Å². The molecule has 1 atom stereocenters. The quantitative estimate of drug-likeness (QED) is 0.343. The lowest BCUT2D eigenvalue weighted by Crippen LogP contribution is -2.46. The molecule has 160 valence electrons. The number of ether oxygens (including phenoxy) is 1. The molecule has 1 fully saturated rings. The first kappa shape index (κ1) is 24.8. The van der Waals surface area contributed by atoms with E-state index in [9.17, 15) is 13.2 Å². The highest BCUT2D eigenvalue weighted by Gasteiger charge is 2.32. The van der Waals surface area contributed by atoms with E-state index in [4.69, 9.17) is 0 Å². The molecule has 0 saturated carbocycles. The maximum Gasteiger partial charge on any atom is 0.573 e. The lowest BCUT2D eigenvalue weighted by atomic mass is 9.97. The molecule has 1 aromatic rings. The number of para-hydroxylation sites is 1. The third-order valence-corrected chi connectivity index (χ3v) is 4.71. The highest BCUT2D eigenvalue weighted by molar-refractivity contribution is 14.0. The van der Waals surface area contributed by atoms with E-state index in [1.54, 1.807) is 19.2 Å². The van der Waals surface area contributed by atoms with Crippen molar-refractivity contribution in [2.75, 3.05) is 26.7 Å². The fraction of sp³-hybridized carbons (Fsp3) is 0.632. The van der Waals surface area contributed by atoms with E-state index in [2.05, 4.69) is 39.1 Å². The second kappa shape index (κ2) is 11.7. The number of nitrogens with zero attached hydrogens (tertiary/aromatic N) is 2. The van der Waals surface area contributed by atoms with Gasteiger partial charge in [-0.1, -0.05) is 18.2 Å². The monoisotopic (exact) mass is 514 g/mol. The molecule has 1 aliphatic heterocycles. The molecule has 0 amide bonds. The Morgan fingerprint density at radius 1 is 1.29 bits per heavy atom. The van der Waals surface area contributed by atoms with E-state index in [-0.39, 0.29) is 36.3 Å². The second-order valence-corrected chi connectivity index (χ2v) is 7.06. The van der Waals surface area contributed by atoms with Gasteiger partial charge >= 0.3 is 6.36 Å². The molecule has 1 aromatic carbocycles. The molecule has 0 aliphatic carbocycles. The Bertz CT molecular complexity index is 625. The van der Waals surface area contributed by atoms with Crippen molar-refractivity contribution < 1.29 is 17.9 Å². The van der Waals surface area contributed by atoms with Gasteiger partial charge in [-0.2, -0.15) is 0 Å². The number of alkyl halides is 3. The highest BCUT2D eigenvalue weighted by Crippen LogP contribution is 2.26. The minimum Gasteiger partial charge on any atom is -0.405 e. The van der Waals surface area contributed by atoms with Crippen LogP contribution < -0.4 is 15.4 Å². The second-order valence-electron chi connectivity index (χ2n) is 7.06. The summed E-state index contributed by atoms with van der Waals surface area (Å²) in [6.07, 6.45) is -2.37. The van der Waals surface area contributed by atoms with Crippen molar-refractivity contribution in [3.8, 4) is 5.75 Å². The zero-order valence-electron chi connectivity index (χ0n) is 16.6. The maximum atomic E-state index is 12.5. The third-order valence-electron chi connectivity index (χ3n) is 4.71. The van der Waals surface area contributed by atoms with Gasteiger partial charge in [-0.05, 0) is 45.2 Å². The lowest BCUT2D eigenvalue weighted by Gasteiger charge is -2.35. The zero-order valence-corrected chi connectivity index (χ0v) is 18.9. The Balaban J connectivity index is 0.00000392. The van der Waals surface area contributed by atoms with E-state index >= 15 is 0 Å². The van der Waals surface area contributed by atoms with Gasteiger partial charge in [-0.15, -0.1) is 37.1 Å². The molecule has 0 spiro atoms. The van der Waals surface area contributed by atoms with E-state index < -0.39 is 6.36 Å². The molecule has 2 rings (SSSR count).